The van der Waals surface area contributed by atoms with E-state index in [1.807, 2.05) is 36.4 Å². The van der Waals surface area contributed by atoms with E-state index in [-0.39, 0.29) is 6.03 Å². The van der Waals surface area contributed by atoms with Crippen LogP contribution in [0.3, 0.4) is 0 Å². The molecule has 1 aromatic carbocycles. The molecular formula is C24H27N5O. The van der Waals surface area contributed by atoms with Crippen LogP contribution in [0.2, 0.25) is 0 Å². The number of fused-ring (bicyclic) bond motifs is 2. The topological polar surface area (TPSA) is 64.7 Å². The molecule has 0 saturated heterocycles. The number of nitrogens with zero attached hydrogens (tertiary/aromatic N) is 4. The van der Waals surface area contributed by atoms with E-state index in [9.17, 15) is 4.79 Å². The van der Waals surface area contributed by atoms with Crippen molar-refractivity contribution in [1.82, 2.24) is 19.3 Å². The zero-order chi connectivity index (χ0) is 20.7. The summed E-state index contributed by atoms with van der Waals surface area (Å²) in [5.74, 6) is 1.61. The number of nitrogens with one attached hydrogen (secondary N) is 1. The molecule has 5 rings (SSSR count). The summed E-state index contributed by atoms with van der Waals surface area (Å²) in [6, 6.07) is 11.8. The summed E-state index contributed by atoms with van der Waals surface area (Å²) in [6.07, 6.45) is 10.5. The standard InChI is InChI=1S/C24H27N5O/c1-16(2)17-5-8-21(9-6-17)29-15-19-14-20(7-10-22(19)27-29)26-24(30)28-13-11-18-4-3-12-25-23(18)28/h3-4,7,10-17,21H,5-6,8-9H2,1-2H3,(H,26,30). The third kappa shape index (κ3) is 3.47. The quantitative estimate of drug-likeness (QED) is 0.468. The number of benzene rings is 1. The lowest BCUT2D eigenvalue weighted by Crippen LogP contribution is -2.21. The number of carbonyl (C=O) groups is 1. The predicted octanol–water partition coefficient (Wildman–Crippen LogP) is 5.85. The zero-order valence-electron chi connectivity index (χ0n) is 17.5. The second-order valence-corrected chi connectivity index (χ2v) is 8.73. The summed E-state index contributed by atoms with van der Waals surface area (Å²) in [6.45, 7) is 4.66. The number of hydrogen-bond donors (Lipinski definition) is 1. The van der Waals surface area contributed by atoms with Gasteiger partial charge in [-0.15, -0.1) is 0 Å². The Balaban J connectivity index is 1.33. The van der Waals surface area contributed by atoms with Crippen LogP contribution in [-0.2, 0) is 0 Å². The minimum Gasteiger partial charge on any atom is -0.307 e. The van der Waals surface area contributed by atoms with Crippen LogP contribution in [-0.4, -0.2) is 25.4 Å². The molecule has 0 unspecified atom stereocenters. The van der Waals surface area contributed by atoms with Crippen molar-refractivity contribution in [2.24, 2.45) is 11.8 Å². The van der Waals surface area contributed by atoms with Crippen molar-refractivity contribution in [2.75, 3.05) is 5.32 Å². The molecule has 30 heavy (non-hydrogen) atoms. The average molecular weight is 402 g/mol. The molecule has 6 nitrogen and oxygen atoms in total. The van der Waals surface area contributed by atoms with E-state index in [1.165, 1.54) is 30.3 Å². The maximum atomic E-state index is 12.8. The number of amides is 1. The minimum absolute atomic E-state index is 0.220. The largest absolute Gasteiger partial charge is 0.331 e. The normalized spacial score (nSPS) is 19.6. The van der Waals surface area contributed by atoms with E-state index < -0.39 is 0 Å². The molecule has 154 valence electrons. The van der Waals surface area contributed by atoms with Crippen molar-refractivity contribution < 1.29 is 4.79 Å². The Morgan fingerprint density at radius 3 is 2.73 bits per heavy atom. The van der Waals surface area contributed by atoms with Crippen LogP contribution >= 0.6 is 0 Å². The van der Waals surface area contributed by atoms with Crippen LogP contribution in [0.1, 0.15) is 45.6 Å². The fourth-order valence-electron chi connectivity index (χ4n) is 4.66. The first-order valence-corrected chi connectivity index (χ1v) is 10.8. The number of anilines is 1. The molecule has 6 heteroatoms. The molecule has 0 atom stereocenters. The van der Waals surface area contributed by atoms with Gasteiger partial charge in [-0.2, -0.15) is 5.10 Å². The van der Waals surface area contributed by atoms with Crippen molar-refractivity contribution in [3.05, 3.63) is 55.0 Å². The first-order chi connectivity index (χ1) is 14.6. The maximum absolute atomic E-state index is 12.8. The molecule has 0 radical (unpaired) electrons. The summed E-state index contributed by atoms with van der Waals surface area (Å²) in [5, 5.41) is 9.78. The molecule has 1 saturated carbocycles. The highest BCUT2D eigenvalue weighted by molar-refractivity contribution is 5.98. The molecule has 3 aromatic heterocycles. The lowest BCUT2D eigenvalue weighted by molar-refractivity contribution is 0.217. The van der Waals surface area contributed by atoms with Gasteiger partial charge in [-0.05, 0) is 73.9 Å². The Labute approximate surface area is 175 Å². The average Bonchev–Trinajstić information content (AvgIpc) is 3.38. The first-order valence-electron chi connectivity index (χ1n) is 10.8. The van der Waals surface area contributed by atoms with Gasteiger partial charge in [-0.1, -0.05) is 13.8 Å². The Morgan fingerprint density at radius 1 is 1.10 bits per heavy atom. The van der Waals surface area contributed by atoms with Gasteiger partial charge in [0.05, 0.1) is 11.6 Å². The highest BCUT2D eigenvalue weighted by Gasteiger charge is 2.25. The molecule has 3 heterocycles. The predicted molar refractivity (Wildman–Crippen MR) is 120 cm³/mol. The molecule has 0 spiro atoms. The fraction of sp³-hybridized carbons (Fsp3) is 0.375. The van der Waals surface area contributed by atoms with Gasteiger partial charge < -0.3 is 5.32 Å². The summed E-state index contributed by atoms with van der Waals surface area (Å²) in [4.78, 5) is 17.1. The van der Waals surface area contributed by atoms with Gasteiger partial charge in [0.1, 0.15) is 5.65 Å². The Kier molecular flexibility index (Phi) is 4.77. The summed E-state index contributed by atoms with van der Waals surface area (Å²) in [5.41, 5.74) is 2.38. The van der Waals surface area contributed by atoms with Gasteiger partial charge in [-0.3, -0.25) is 9.25 Å². The van der Waals surface area contributed by atoms with Crippen LogP contribution in [0.5, 0.6) is 0 Å². The number of rotatable bonds is 3. The molecule has 0 bridgehead atoms. The van der Waals surface area contributed by atoms with Gasteiger partial charge in [0.25, 0.3) is 0 Å². The van der Waals surface area contributed by atoms with Crippen LogP contribution < -0.4 is 5.32 Å². The van der Waals surface area contributed by atoms with Gasteiger partial charge in [0.15, 0.2) is 0 Å². The molecular weight excluding hydrogens is 374 g/mol. The van der Waals surface area contributed by atoms with E-state index in [0.29, 0.717) is 11.7 Å². The fourth-order valence-corrected chi connectivity index (χ4v) is 4.66. The van der Waals surface area contributed by atoms with Gasteiger partial charge >= 0.3 is 6.03 Å². The highest BCUT2D eigenvalue weighted by Crippen LogP contribution is 2.36. The number of carbonyl (C=O) groups excluding carboxylic acids is 1. The van der Waals surface area contributed by atoms with Crippen molar-refractivity contribution in [1.29, 1.82) is 0 Å². The minimum atomic E-state index is -0.220. The monoisotopic (exact) mass is 401 g/mol. The Hall–Kier alpha value is -3.15. The zero-order valence-corrected chi connectivity index (χ0v) is 17.5. The molecule has 4 aromatic rings. The van der Waals surface area contributed by atoms with E-state index >= 15 is 0 Å². The van der Waals surface area contributed by atoms with Crippen LogP contribution in [0.15, 0.2) is 55.0 Å². The van der Waals surface area contributed by atoms with Gasteiger partial charge in [0, 0.05) is 35.1 Å². The molecule has 1 fully saturated rings. The third-order valence-electron chi connectivity index (χ3n) is 6.50. The summed E-state index contributed by atoms with van der Waals surface area (Å²) >= 11 is 0. The van der Waals surface area contributed by atoms with Crippen LogP contribution in [0.25, 0.3) is 21.9 Å². The van der Waals surface area contributed by atoms with Gasteiger partial charge in [0.2, 0.25) is 0 Å². The van der Waals surface area contributed by atoms with E-state index in [1.54, 1.807) is 12.4 Å². The Bertz CT molecular complexity index is 1200. The van der Waals surface area contributed by atoms with Crippen LogP contribution in [0, 0.1) is 11.8 Å². The number of aromatic nitrogens is 4. The summed E-state index contributed by atoms with van der Waals surface area (Å²) < 4.78 is 3.67. The van der Waals surface area contributed by atoms with E-state index in [2.05, 4.69) is 35.0 Å². The molecule has 1 aliphatic carbocycles. The first kappa shape index (κ1) is 18.9. The van der Waals surface area contributed by atoms with Crippen molar-refractivity contribution in [3.8, 4) is 0 Å². The van der Waals surface area contributed by atoms with Crippen LogP contribution in [0.4, 0.5) is 10.5 Å². The molecule has 1 aliphatic rings. The van der Waals surface area contributed by atoms with Crippen molar-refractivity contribution in [3.63, 3.8) is 0 Å². The maximum Gasteiger partial charge on any atom is 0.331 e. The van der Waals surface area contributed by atoms with E-state index in [4.69, 9.17) is 5.10 Å². The molecule has 1 N–H and O–H groups in total. The van der Waals surface area contributed by atoms with Crippen molar-refractivity contribution in [2.45, 2.75) is 45.6 Å². The molecule has 0 aliphatic heterocycles. The number of hydrogen-bond acceptors (Lipinski definition) is 3. The Morgan fingerprint density at radius 2 is 1.93 bits per heavy atom. The SMILES string of the molecule is CC(C)C1CCC(n2cc3cc(NC(=O)n4ccc5cccnc54)ccc3n2)CC1. The smallest absolute Gasteiger partial charge is 0.307 e. The molecule has 1 amide bonds. The third-order valence-corrected chi connectivity index (χ3v) is 6.50. The second kappa shape index (κ2) is 7.59. The van der Waals surface area contributed by atoms with Gasteiger partial charge in [-0.25, -0.2) is 9.78 Å². The van der Waals surface area contributed by atoms with E-state index in [0.717, 1.165) is 33.8 Å². The highest BCUT2D eigenvalue weighted by atomic mass is 16.2. The summed E-state index contributed by atoms with van der Waals surface area (Å²) in [7, 11) is 0. The second-order valence-electron chi connectivity index (χ2n) is 8.73. The lowest BCUT2D eigenvalue weighted by Gasteiger charge is -2.30. The van der Waals surface area contributed by atoms with Crippen molar-refractivity contribution >= 4 is 33.7 Å². The number of pyridine rings is 1. The lowest BCUT2D eigenvalue weighted by atomic mass is 9.80.